The zero-order chi connectivity index (χ0) is 16.9. The Labute approximate surface area is 148 Å². The predicted molar refractivity (Wildman–Crippen MR) is 98.6 cm³/mol. The maximum Gasteiger partial charge on any atom is 0.233 e. The summed E-state index contributed by atoms with van der Waals surface area (Å²) in [4.78, 5) is 19.0. The van der Waals surface area contributed by atoms with Crippen molar-refractivity contribution >= 4 is 17.7 Å². The van der Waals surface area contributed by atoms with E-state index in [0.29, 0.717) is 5.75 Å². The molecule has 1 fully saturated rings. The molecule has 1 aliphatic carbocycles. The molecule has 5 heteroatoms. The van der Waals surface area contributed by atoms with E-state index in [4.69, 9.17) is 0 Å². The fourth-order valence-corrected chi connectivity index (χ4v) is 3.70. The number of aromatic nitrogens is 2. The highest BCUT2D eigenvalue weighted by atomic mass is 32.2. The van der Waals surface area contributed by atoms with Crippen LogP contribution in [0.1, 0.15) is 31.7 Å². The summed E-state index contributed by atoms with van der Waals surface area (Å²) in [5, 5.41) is 0.875. The van der Waals surface area contributed by atoms with Crippen molar-refractivity contribution in [3.05, 3.63) is 42.2 Å². The van der Waals surface area contributed by atoms with Crippen LogP contribution in [0.15, 0.2) is 41.8 Å². The van der Waals surface area contributed by atoms with Crippen molar-refractivity contribution in [3.8, 4) is 5.69 Å². The zero-order valence-electron chi connectivity index (χ0n) is 14.4. The van der Waals surface area contributed by atoms with Gasteiger partial charge in [-0.05, 0) is 43.7 Å². The van der Waals surface area contributed by atoms with Gasteiger partial charge in [0, 0.05) is 25.5 Å². The molecule has 1 amide bonds. The molecule has 0 atom stereocenters. The van der Waals surface area contributed by atoms with Gasteiger partial charge in [0.1, 0.15) is 0 Å². The molecule has 1 aliphatic rings. The first-order valence-corrected chi connectivity index (χ1v) is 9.67. The van der Waals surface area contributed by atoms with Crippen molar-refractivity contribution in [3.63, 3.8) is 0 Å². The number of imidazole rings is 1. The number of hydrogen-bond donors (Lipinski definition) is 0. The van der Waals surface area contributed by atoms with Crippen LogP contribution in [0.25, 0.3) is 5.69 Å². The number of amides is 1. The van der Waals surface area contributed by atoms with E-state index in [0.717, 1.165) is 36.3 Å². The van der Waals surface area contributed by atoms with Crippen molar-refractivity contribution in [1.82, 2.24) is 14.5 Å². The minimum Gasteiger partial charge on any atom is -0.342 e. The van der Waals surface area contributed by atoms with Crippen LogP contribution < -0.4 is 0 Å². The maximum atomic E-state index is 12.6. The highest BCUT2D eigenvalue weighted by Crippen LogP contribution is 2.30. The maximum absolute atomic E-state index is 12.6. The molecular formula is C19H25N3OS. The van der Waals surface area contributed by atoms with Crippen LogP contribution in [-0.4, -0.2) is 39.2 Å². The second kappa shape index (κ2) is 7.88. The highest BCUT2D eigenvalue weighted by Gasteiger charge is 2.26. The molecule has 0 aliphatic heterocycles. The molecule has 1 heterocycles. The first kappa shape index (κ1) is 17.1. The first-order valence-electron chi connectivity index (χ1n) is 8.69. The molecule has 4 nitrogen and oxygen atoms in total. The number of benzene rings is 1. The predicted octanol–water partition coefficient (Wildman–Crippen LogP) is 3.92. The van der Waals surface area contributed by atoms with Crippen LogP contribution in [0.4, 0.5) is 0 Å². The summed E-state index contributed by atoms with van der Waals surface area (Å²) in [6.45, 7) is 6.01. The van der Waals surface area contributed by atoms with Gasteiger partial charge in [0.15, 0.2) is 5.16 Å². The Morgan fingerprint density at radius 2 is 2.17 bits per heavy atom. The molecule has 128 valence electrons. The third-order valence-corrected chi connectivity index (χ3v) is 5.28. The normalized spacial score (nSPS) is 13.9. The Bertz CT molecular complexity index is 693. The summed E-state index contributed by atoms with van der Waals surface area (Å²) in [6, 6.07) is 8.24. The molecule has 0 bridgehead atoms. The van der Waals surface area contributed by atoms with E-state index >= 15 is 0 Å². The SMILES string of the molecule is CCCN(CC1CC1)C(=O)CSc1nccn1-c1ccccc1C. The van der Waals surface area contributed by atoms with Gasteiger partial charge in [-0.25, -0.2) is 4.98 Å². The lowest BCUT2D eigenvalue weighted by atomic mass is 10.2. The van der Waals surface area contributed by atoms with Crippen LogP contribution in [0.3, 0.4) is 0 Å². The standard InChI is InChI=1S/C19H25N3OS/c1-3-11-21(13-16-8-9-16)18(23)14-24-19-20-10-12-22(19)17-7-5-4-6-15(17)2/h4-7,10,12,16H,3,8-9,11,13-14H2,1-2H3. The summed E-state index contributed by atoms with van der Waals surface area (Å²) < 4.78 is 2.07. The molecule has 1 aromatic heterocycles. The first-order chi connectivity index (χ1) is 11.7. The quantitative estimate of drug-likeness (QED) is 0.682. The molecule has 24 heavy (non-hydrogen) atoms. The number of nitrogens with zero attached hydrogens (tertiary/aromatic N) is 3. The summed E-state index contributed by atoms with van der Waals surface area (Å²) in [6.07, 6.45) is 7.33. The van der Waals surface area contributed by atoms with E-state index in [1.807, 2.05) is 23.2 Å². The van der Waals surface area contributed by atoms with Gasteiger partial charge in [-0.3, -0.25) is 9.36 Å². The van der Waals surface area contributed by atoms with Crippen molar-refractivity contribution in [2.75, 3.05) is 18.8 Å². The van der Waals surface area contributed by atoms with Gasteiger partial charge in [0.05, 0.1) is 11.4 Å². The van der Waals surface area contributed by atoms with Crippen LogP contribution >= 0.6 is 11.8 Å². The van der Waals surface area contributed by atoms with E-state index in [1.165, 1.54) is 30.2 Å². The molecule has 0 radical (unpaired) electrons. The van der Waals surface area contributed by atoms with E-state index in [1.54, 1.807) is 6.20 Å². The van der Waals surface area contributed by atoms with Crippen LogP contribution in [0, 0.1) is 12.8 Å². The van der Waals surface area contributed by atoms with Gasteiger partial charge in [-0.15, -0.1) is 0 Å². The third kappa shape index (κ3) is 4.20. The Hall–Kier alpha value is -1.75. The summed E-state index contributed by atoms with van der Waals surface area (Å²) in [5.41, 5.74) is 2.32. The second-order valence-electron chi connectivity index (χ2n) is 6.44. The molecule has 1 aromatic carbocycles. The molecule has 0 spiro atoms. The fraction of sp³-hybridized carbons (Fsp3) is 0.474. The number of hydrogen-bond acceptors (Lipinski definition) is 3. The van der Waals surface area contributed by atoms with E-state index in [-0.39, 0.29) is 5.91 Å². The Morgan fingerprint density at radius 3 is 2.88 bits per heavy atom. The lowest BCUT2D eigenvalue weighted by Crippen LogP contribution is -2.35. The van der Waals surface area contributed by atoms with Gasteiger partial charge < -0.3 is 4.90 Å². The summed E-state index contributed by atoms with van der Waals surface area (Å²) in [5.74, 6) is 1.42. The molecule has 2 aromatic rings. The van der Waals surface area contributed by atoms with Crippen LogP contribution in [0.5, 0.6) is 0 Å². The van der Waals surface area contributed by atoms with Crippen LogP contribution in [-0.2, 0) is 4.79 Å². The Kier molecular flexibility index (Phi) is 5.61. The van der Waals surface area contributed by atoms with E-state index in [2.05, 4.69) is 35.5 Å². The largest absolute Gasteiger partial charge is 0.342 e. The Balaban J connectivity index is 1.65. The van der Waals surface area contributed by atoms with E-state index in [9.17, 15) is 4.79 Å². The lowest BCUT2D eigenvalue weighted by Gasteiger charge is -2.21. The minimum atomic E-state index is 0.230. The topological polar surface area (TPSA) is 38.1 Å². The van der Waals surface area contributed by atoms with Gasteiger partial charge >= 0.3 is 0 Å². The molecule has 0 saturated heterocycles. The fourth-order valence-electron chi connectivity index (χ4n) is 2.83. The summed E-state index contributed by atoms with van der Waals surface area (Å²) in [7, 11) is 0. The average Bonchev–Trinajstić information content (AvgIpc) is 3.28. The van der Waals surface area contributed by atoms with Gasteiger partial charge in [0.2, 0.25) is 5.91 Å². The average molecular weight is 343 g/mol. The number of rotatable bonds is 8. The number of carbonyl (C=O) groups excluding carboxylic acids is 1. The van der Waals surface area contributed by atoms with Gasteiger partial charge in [-0.2, -0.15) is 0 Å². The molecular weight excluding hydrogens is 318 g/mol. The minimum absolute atomic E-state index is 0.230. The molecule has 3 rings (SSSR count). The number of aryl methyl sites for hydroxylation is 1. The lowest BCUT2D eigenvalue weighted by molar-refractivity contribution is -0.128. The van der Waals surface area contributed by atoms with Crippen molar-refractivity contribution in [2.24, 2.45) is 5.92 Å². The molecule has 0 unspecified atom stereocenters. The van der Waals surface area contributed by atoms with E-state index < -0.39 is 0 Å². The van der Waals surface area contributed by atoms with Crippen LogP contribution in [0.2, 0.25) is 0 Å². The number of thioether (sulfide) groups is 1. The summed E-state index contributed by atoms with van der Waals surface area (Å²) >= 11 is 1.53. The zero-order valence-corrected chi connectivity index (χ0v) is 15.3. The van der Waals surface area contributed by atoms with Gasteiger partial charge in [-0.1, -0.05) is 36.9 Å². The molecule has 1 saturated carbocycles. The number of carbonyl (C=O) groups is 1. The molecule has 0 N–H and O–H groups in total. The highest BCUT2D eigenvalue weighted by molar-refractivity contribution is 7.99. The number of para-hydroxylation sites is 1. The van der Waals surface area contributed by atoms with Crippen molar-refractivity contribution < 1.29 is 4.79 Å². The third-order valence-electron chi connectivity index (χ3n) is 4.33. The monoisotopic (exact) mass is 343 g/mol. The van der Waals surface area contributed by atoms with Gasteiger partial charge in [0.25, 0.3) is 0 Å². The van der Waals surface area contributed by atoms with Crippen molar-refractivity contribution in [1.29, 1.82) is 0 Å². The Morgan fingerprint density at radius 1 is 1.38 bits per heavy atom. The smallest absolute Gasteiger partial charge is 0.233 e. The second-order valence-corrected chi connectivity index (χ2v) is 7.38. The van der Waals surface area contributed by atoms with Crippen molar-refractivity contribution in [2.45, 2.75) is 38.3 Å².